The monoisotopic (exact) mass is 448 g/mol. The van der Waals surface area contributed by atoms with E-state index in [-0.39, 0.29) is 29.2 Å². The molecule has 7 nitrogen and oxygen atoms in total. The Balaban J connectivity index is 1.84. The van der Waals surface area contributed by atoms with E-state index in [0.29, 0.717) is 11.4 Å². The SMILES string of the molecule is CCN(C(=O)C1C(=O)c2ccc(OC)cc2N(c2ccc(O)cc2)C1=O)c1cccc(F)c1. The van der Waals surface area contributed by atoms with Gasteiger partial charge in [0, 0.05) is 29.5 Å². The van der Waals surface area contributed by atoms with Gasteiger partial charge in [0.25, 0.3) is 5.91 Å². The largest absolute Gasteiger partial charge is 0.508 e. The average molecular weight is 448 g/mol. The Morgan fingerprint density at radius 2 is 1.82 bits per heavy atom. The first-order valence-electron chi connectivity index (χ1n) is 10.3. The maximum Gasteiger partial charge on any atom is 0.252 e. The third kappa shape index (κ3) is 3.91. The van der Waals surface area contributed by atoms with Gasteiger partial charge < -0.3 is 14.7 Å². The summed E-state index contributed by atoms with van der Waals surface area (Å²) in [5, 5.41) is 9.66. The zero-order chi connectivity index (χ0) is 23.7. The van der Waals surface area contributed by atoms with E-state index in [1.165, 1.54) is 65.4 Å². The number of ketones is 1. The summed E-state index contributed by atoms with van der Waals surface area (Å²) < 4.78 is 19.0. The molecule has 1 heterocycles. The molecule has 0 spiro atoms. The van der Waals surface area contributed by atoms with Crippen LogP contribution in [0.15, 0.2) is 66.7 Å². The van der Waals surface area contributed by atoms with Gasteiger partial charge in [-0.3, -0.25) is 19.3 Å². The molecule has 1 aliphatic heterocycles. The number of benzene rings is 3. The number of phenols is 1. The minimum atomic E-state index is -1.65. The summed E-state index contributed by atoms with van der Waals surface area (Å²) in [6.07, 6.45) is 0. The summed E-state index contributed by atoms with van der Waals surface area (Å²) in [5.74, 6) is -3.90. The molecule has 33 heavy (non-hydrogen) atoms. The Hall–Kier alpha value is -4.20. The third-order valence-corrected chi connectivity index (χ3v) is 5.50. The van der Waals surface area contributed by atoms with E-state index in [4.69, 9.17) is 4.74 Å². The van der Waals surface area contributed by atoms with Crippen molar-refractivity contribution >= 4 is 34.7 Å². The van der Waals surface area contributed by atoms with Crippen LogP contribution < -0.4 is 14.5 Å². The Labute approximate surface area is 189 Å². The molecular weight excluding hydrogens is 427 g/mol. The van der Waals surface area contributed by atoms with Crippen LogP contribution in [0.3, 0.4) is 0 Å². The Morgan fingerprint density at radius 1 is 1.09 bits per heavy atom. The van der Waals surface area contributed by atoms with E-state index in [1.54, 1.807) is 25.1 Å². The third-order valence-electron chi connectivity index (χ3n) is 5.50. The standard InChI is InChI=1S/C25H21FN2O5/c1-3-27(17-6-4-5-15(26)13-17)24(31)22-23(30)20-12-11-19(33-2)14-21(20)28(25(22)32)16-7-9-18(29)10-8-16/h4-14,22,29H,3H2,1-2H3. The number of hydrogen-bond donors (Lipinski definition) is 1. The number of hydrogen-bond acceptors (Lipinski definition) is 5. The van der Waals surface area contributed by atoms with Crippen molar-refractivity contribution < 1.29 is 28.6 Å². The first-order chi connectivity index (χ1) is 15.8. The number of carbonyl (C=O) groups is 3. The van der Waals surface area contributed by atoms with Crippen molar-refractivity contribution in [3.63, 3.8) is 0 Å². The van der Waals surface area contributed by atoms with Gasteiger partial charge in [0.1, 0.15) is 17.3 Å². The van der Waals surface area contributed by atoms with Gasteiger partial charge in [-0.25, -0.2) is 4.39 Å². The summed E-state index contributed by atoms with van der Waals surface area (Å²) in [6, 6.07) is 15.9. The van der Waals surface area contributed by atoms with E-state index in [9.17, 15) is 23.9 Å². The molecule has 0 fully saturated rings. The normalized spacial score (nSPS) is 15.2. The summed E-state index contributed by atoms with van der Waals surface area (Å²) in [4.78, 5) is 43.0. The summed E-state index contributed by atoms with van der Waals surface area (Å²) in [5.41, 5.74) is 1.07. The van der Waals surface area contributed by atoms with E-state index in [0.717, 1.165) is 0 Å². The van der Waals surface area contributed by atoms with Crippen molar-refractivity contribution in [1.82, 2.24) is 0 Å². The van der Waals surface area contributed by atoms with Gasteiger partial charge in [0.05, 0.1) is 12.8 Å². The van der Waals surface area contributed by atoms with Crippen LogP contribution in [0.2, 0.25) is 0 Å². The average Bonchev–Trinajstić information content (AvgIpc) is 2.80. The summed E-state index contributed by atoms with van der Waals surface area (Å²) in [6.45, 7) is 1.81. The predicted octanol–water partition coefficient (Wildman–Crippen LogP) is 4.07. The number of methoxy groups -OCH3 is 1. The van der Waals surface area contributed by atoms with Crippen molar-refractivity contribution in [2.45, 2.75) is 6.92 Å². The number of halogens is 1. The van der Waals surface area contributed by atoms with Crippen LogP contribution in [-0.2, 0) is 9.59 Å². The first kappa shape index (κ1) is 22.0. The lowest BCUT2D eigenvalue weighted by atomic mass is 9.88. The van der Waals surface area contributed by atoms with Crippen LogP contribution >= 0.6 is 0 Å². The lowest BCUT2D eigenvalue weighted by Gasteiger charge is -2.35. The van der Waals surface area contributed by atoms with Crippen molar-refractivity contribution in [1.29, 1.82) is 0 Å². The minimum absolute atomic E-state index is 0.000962. The fraction of sp³-hybridized carbons (Fsp3) is 0.160. The molecule has 4 rings (SSSR count). The molecule has 1 unspecified atom stereocenters. The lowest BCUT2D eigenvalue weighted by Crippen LogP contribution is -2.51. The van der Waals surface area contributed by atoms with Gasteiger partial charge in [-0.2, -0.15) is 0 Å². The summed E-state index contributed by atoms with van der Waals surface area (Å²) >= 11 is 0. The predicted molar refractivity (Wildman–Crippen MR) is 120 cm³/mol. The fourth-order valence-corrected chi connectivity index (χ4v) is 3.90. The van der Waals surface area contributed by atoms with Gasteiger partial charge in [-0.05, 0) is 61.5 Å². The highest BCUT2D eigenvalue weighted by Gasteiger charge is 2.46. The second-order valence-corrected chi connectivity index (χ2v) is 7.43. The van der Waals surface area contributed by atoms with Crippen molar-refractivity contribution in [2.75, 3.05) is 23.5 Å². The smallest absolute Gasteiger partial charge is 0.252 e. The highest BCUT2D eigenvalue weighted by atomic mass is 19.1. The van der Waals surface area contributed by atoms with Crippen molar-refractivity contribution in [3.05, 3.63) is 78.1 Å². The molecule has 1 aliphatic rings. The fourth-order valence-electron chi connectivity index (χ4n) is 3.90. The molecule has 1 N–H and O–H groups in total. The zero-order valence-electron chi connectivity index (χ0n) is 18.0. The number of nitrogens with zero attached hydrogens (tertiary/aromatic N) is 2. The van der Waals surface area contributed by atoms with E-state index in [2.05, 4.69) is 0 Å². The lowest BCUT2D eigenvalue weighted by molar-refractivity contribution is -0.129. The minimum Gasteiger partial charge on any atom is -0.508 e. The number of aromatic hydroxyl groups is 1. The first-order valence-corrected chi connectivity index (χ1v) is 10.3. The highest BCUT2D eigenvalue weighted by molar-refractivity contribution is 6.34. The molecule has 2 amide bonds. The van der Waals surface area contributed by atoms with Crippen LogP contribution in [-0.4, -0.2) is 36.4 Å². The number of amides is 2. The molecule has 168 valence electrons. The van der Waals surface area contributed by atoms with Gasteiger partial charge in [-0.1, -0.05) is 6.07 Å². The van der Waals surface area contributed by atoms with Crippen LogP contribution in [0.4, 0.5) is 21.5 Å². The molecule has 0 radical (unpaired) electrons. The maximum atomic E-state index is 13.8. The molecule has 0 aliphatic carbocycles. The Kier molecular flexibility index (Phi) is 5.83. The van der Waals surface area contributed by atoms with Gasteiger partial charge in [0.2, 0.25) is 5.91 Å². The van der Waals surface area contributed by atoms with Crippen LogP contribution in [0, 0.1) is 11.7 Å². The Morgan fingerprint density at radius 3 is 2.45 bits per heavy atom. The Bertz CT molecular complexity index is 1240. The summed E-state index contributed by atoms with van der Waals surface area (Å²) in [7, 11) is 1.46. The molecule has 0 aromatic heterocycles. The molecule has 0 saturated carbocycles. The molecule has 1 atom stereocenters. The zero-order valence-corrected chi connectivity index (χ0v) is 18.0. The molecule has 3 aromatic rings. The van der Waals surface area contributed by atoms with E-state index in [1.807, 2.05) is 0 Å². The van der Waals surface area contributed by atoms with Crippen LogP contribution in [0.25, 0.3) is 0 Å². The number of rotatable bonds is 5. The topological polar surface area (TPSA) is 87.2 Å². The van der Waals surface area contributed by atoms with Crippen molar-refractivity contribution in [2.24, 2.45) is 5.92 Å². The second-order valence-electron chi connectivity index (χ2n) is 7.43. The molecule has 3 aromatic carbocycles. The quantitative estimate of drug-likeness (QED) is 0.595. The number of fused-ring (bicyclic) bond motifs is 1. The number of phenolic OH excluding ortho intramolecular Hbond substituents is 1. The number of Topliss-reactive ketones (excluding diaryl/α,β-unsaturated/α-hetero) is 1. The second kappa shape index (κ2) is 8.74. The molecule has 0 bridgehead atoms. The maximum absolute atomic E-state index is 13.8. The van der Waals surface area contributed by atoms with E-state index < -0.39 is 29.3 Å². The van der Waals surface area contributed by atoms with Gasteiger partial charge >= 0.3 is 0 Å². The number of ether oxygens (including phenoxy) is 1. The molecule has 0 saturated heterocycles. The van der Waals surface area contributed by atoms with E-state index >= 15 is 0 Å². The van der Waals surface area contributed by atoms with Crippen LogP contribution in [0.5, 0.6) is 11.5 Å². The van der Waals surface area contributed by atoms with Crippen molar-refractivity contribution in [3.8, 4) is 11.5 Å². The highest BCUT2D eigenvalue weighted by Crippen LogP contribution is 2.39. The number of carbonyl (C=O) groups excluding carboxylic acids is 3. The van der Waals surface area contributed by atoms with Gasteiger partial charge in [-0.15, -0.1) is 0 Å². The van der Waals surface area contributed by atoms with Gasteiger partial charge in [0.15, 0.2) is 11.7 Å². The molecular formula is C25H21FN2O5. The molecule has 8 heteroatoms. The van der Waals surface area contributed by atoms with Crippen LogP contribution in [0.1, 0.15) is 17.3 Å². The number of anilines is 3.